The number of aryl methyl sites for hydroxylation is 1. The van der Waals surface area contributed by atoms with Gasteiger partial charge in [-0.05, 0) is 49.7 Å². The molecule has 26 heavy (non-hydrogen) atoms. The van der Waals surface area contributed by atoms with Crippen molar-refractivity contribution in [3.8, 4) is 17.1 Å². The van der Waals surface area contributed by atoms with Gasteiger partial charge in [0.15, 0.2) is 0 Å². The van der Waals surface area contributed by atoms with Gasteiger partial charge in [-0.25, -0.2) is 4.79 Å². The fraction of sp³-hybridized carbons (Fsp3) is 0.238. The van der Waals surface area contributed by atoms with Gasteiger partial charge in [-0.1, -0.05) is 18.6 Å². The molecular weight excluding hydrogens is 330 g/mol. The number of rotatable bonds is 5. The van der Waals surface area contributed by atoms with Gasteiger partial charge >= 0.3 is 5.97 Å². The van der Waals surface area contributed by atoms with Crippen LogP contribution in [0.4, 0.5) is 0 Å². The number of carboxylic acids is 1. The standard InChI is InChI=1S/C21H21NO4/c1-4-17(21(23)24)22-18-12-20(14-6-8-15(25-3)9-7-14)26-19-10-5-13(2)11-16(18)19/h5-12,17H,4H2,1-3H3,(H,23,24)/t17-/m1/s1. The molecule has 1 atom stereocenters. The minimum Gasteiger partial charge on any atom is -0.497 e. The lowest BCUT2D eigenvalue weighted by Crippen LogP contribution is -2.20. The Balaban J connectivity index is 2.24. The Morgan fingerprint density at radius 1 is 1.19 bits per heavy atom. The van der Waals surface area contributed by atoms with Gasteiger partial charge < -0.3 is 14.3 Å². The van der Waals surface area contributed by atoms with Crippen molar-refractivity contribution < 1.29 is 19.1 Å². The van der Waals surface area contributed by atoms with E-state index >= 15 is 0 Å². The number of benzene rings is 2. The first-order valence-corrected chi connectivity index (χ1v) is 8.47. The minimum atomic E-state index is -0.930. The van der Waals surface area contributed by atoms with E-state index in [9.17, 15) is 9.90 Å². The molecule has 5 nitrogen and oxygen atoms in total. The molecule has 0 unspecified atom stereocenters. The van der Waals surface area contributed by atoms with E-state index in [2.05, 4.69) is 4.99 Å². The Morgan fingerprint density at radius 3 is 2.54 bits per heavy atom. The summed E-state index contributed by atoms with van der Waals surface area (Å²) in [6.07, 6.45) is 0.423. The Hall–Kier alpha value is -3.08. The second-order valence-corrected chi connectivity index (χ2v) is 6.12. The van der Waals surface area contributed by atoms with E-state index < -0.39 is 12.0 Å². The summed E-state index contributed by atoms with van der Waals surface area (Å²) in [6, 6.07) is 14.3. The highest BCUT2D eigenvalue weighted by atomic mass is 16.5. The number of ether oxygens (including phenoxy) is 1. The Bertz CT molecular complexity index is 1000. The van der Waals surface area contributed by atoms with Crippen LogP contribution in [0.25, 0.3) is 22.3 Å². The van der Waals surface area contributed by atoms with Crippen molar-refractivity contribution in [2.75, 3.05) is 7.11 Å². The average Bonchev–Trinajstić information content (AvgIpc) is 2.65. The molecule has 5 heteroatoms. The van der Waals surface area contributed by atoms with Gasteiger partial charge in [0.1, 0.15) is 23.1 Å². The number of hydrogen-bond donors (Lipinski definition) is 1. The Morgan fingerprint density at radius 2 is 1.92 bits per heavy atom. The van der Waals surface area contributed by atoms with Gasteiger partial charge in [-0.15, -0.1) is 0 Å². The van der Waals surface area contributed by atoms with Crippen molar-refractivity contribution in [3.05, 3.63) is 59.5 Å². The van der Waals surface area contributed by atoms with E-state index in [1.807, 2.05) is 56.3 Å². The molecule has 1 N–H and O–H groups in total. The van der Waals surface area contributed by atoms with E-state index in [-0.39, 0.29) is 0 Å². The van der Waals surface area contributed by atoms with Crippen LogP contribution < -0.4 is 10.1 Å². The van der Waals surface area contributed by atoms with E-state index in [4.69, 9.17) is 9.15 Å². The third kappa shape index (κ3) is 3.61. The maximum absolute atomic E-state index is 11.4. The van der Waals surface area contributed by atoms with E-state index in [0.717, 1.165) is 22.3 Å². The summed E-state index contributed by atoms with van der Waals surface area (Å²) in [5.41, 5.74) is 2.60. The van der Waals surface area contributed by atoms with Crippen molar-refractivity contribution in [1.82, 2.24) is 0 Å². The maximum atomic E-state index is 11.4. The van der Waals surface area contributed by atoms with E-state index in [0.29, 0.717) is 23.1 Å². The highest BCUT2D eigenvalue weighted by Gasteiger charge is 2.14. The number of fused-ring (bicyclic) bond motifs is 1. The fourth-order valence-electron chi connectivity index (χ4n) is 2.78. The first-order chi connectivity index (χ1) is 12.5. The van der Waals surface area contributed by atoms with Gasteiger partial charge in [0.05, 0.1) is 12.5 Å². The zero-order valence-corrected chi connectivity index (χ0v) is 15.0. The second-order valence-electron chi connectivity index (χ2n) is 6.12. The topological polar surface area (TPSA) is 72.0 Å². The fourth-order valence-corrected chi connectivity index (χ4v) is 2.78. The quantitative estimate of drug-likeness (QED) is 0.748. The van der Waals surface area contributed by atoms with Crippen LogP contribution in [-0.4, -0.2) is 24.2 Å². The molecule has 0 aliphatic heterocycles. The molecule has 0 spiro atoms. The van der Waals surface area contributed by atoms with Crippen LogP contribution in [0.15, 0.2) is 57.9 Å². The number of aliphatic carboxylic acids is 1. The highest BCUT2D eigenvalue weighted by Crippen LogP contribution is 2.25. The van der Waals surface area contributed by atoms with Crippen molar-refractivity contribution >= 4 is 16.9 Å². The highest BCUT2D eigenvalue weighted by molar-refractivity contribution is 5.80. The smallest absolute Gasteiger partial charge is 0.328 e. The number of carbonyl (C=O) groups is 1. The Labute approximate surface area is 151 Å². The molecule has 0 saturated heterocycles. The minimum absolute atomic E-state index is 0.423. The summed E-state index contributed by atoms with van der Waals surface area (Å²) in [7, 11) is 1.62. The largest absolute Gasteiger partial charge is 0.497 e. The van der Waals surface area contributed by atoms with Gasteiger partial charge in [0.25, 0.3) is 0 Å². The Kier molecular flexibility index (Phi) is 5.07. The predicted octanol–water partition coefficient (Wildman–Crippen LogP) is 4.18. The molecular formula is C21H21NO4. The molecule has 2 aromatic carbocycles. The van der Waals surface area contributed by atoms with Crippen LogP contribution in [-0.2, 0) is 4.79 Å². The normalized spacial score (nSPS) is 13.0. The first kappa shape index (κ1) is 17.7. The molecule has 3 aromatic rings. The molecule has 134 valence electrons. The van der Waals surface area contributed by atoms with Gasteiger partial charge in [-0.2, -0.15) is 0 Å². The third-order valence-electron chi connectivity index (χ3n) is 4.24. The number of nitrogens with zero attached hydrogens (tertiary/aromatic N) is 1. The zero-order chi connectivity index (χ0) is 18.7. The van der Waals surface area contributed by atoms with Crippen LogP contribution in [0, 0.1) is 6.92 Å². The van der Waals surface area contributed by atoms with Crippen molar-refractivity contribution in [3.63, 3.8) is 0 Å². The lowest BCUT2D eigenvalue weighted by molar-refractivity contribution is -0.138. The monoisotopic (exact) mass is 351 g/mol. The summed E-state index contributed by atoms with van der Waals surface area (Å²) >= 11 is 0. The molecule has 1 heterocycles. The molecule has 1 aromatic heterocycles. The maximum Gasteiger partial charge on any atom is 0.328 e. The van der Waals surface area contributed by atoms with Crippen LogP contribution >= 0.6 is 0 Å². The summed E-state index contributed by atoms with van der Waals surface area (Å²) in [5.74, 6) is 0.454. The van der Waals surface area contributed by atoms with Crippen LogP contribution in [0.3, 0.4) is 0 Å². The van der Waals surface area contributed by atoms with Gasteiger partial charge in [-0.3, -0.25) is 4.99 Å². The molecule has 0 radical (unpaired) electrons. The summed E-state index contributed by atoms with van der Waals surface area (Å²) < 4.78 is 11.2. The summed E-state index contributed by atoms with van der Waals surface area (Å²) in [6.45, 7) is 3.79. The van der Waals surface area contributed by atoms with Crippen molar-refractivity contribution in [2.45, 2.75) is 26.3 Å². The third-order valence-corrected chi connectivity index (χ3v) is 4.24. The van der Waals surface area contributed by atoms with Crippen molar-refractivity contribution in [2.24, 2.45) is 4.99 Å². The van der Waals surface area contributed by atoms with Gasteiger partial charge in [0, 0.05) is 17.0 Å². The number of hydrogen-bond acceptors (Lipinski definition) is 4. The molecule has 0 saturated carbocycles. The second kappa shape index (κ2) is 7.44. The van der Waals surface area contributed by atoms with Crippen LogP contribution in [0.1, 0.15) is 18.9 Å². The first-order valence-electron chi connectivity index (χ1n) is 8.47. The molecule has 0 aliphatic rings. The van der Waals surface area contributed by atoms with E-state index in [1.54, 1.807) is 13.2 Å². The average molecular weight is 351 g/mol. The lowest BCUT2D eigenvalue weighted by atomic mass is 10.1. The zero-order valence-electron chi connectivity index (χ0n) is 15.0. The lowest BCUT2D eigenvalue weighted by Gasteiger charge is -2.08. The molecule has 3 rings (SSSR count). The molecule has 0 aliphatic carbocycles. The SMILES string of the molecule is CC[C@@H](N=c1cc(-c2ccc(OC)cc2)oc2ccc(C)cc12)C(=O)O. The van der Waals surface area contributed by atoms with E-state index in [1.165, 1.54) is 0 Å². The van der Waals surface area contributed by atoms with Crippen LogP contribution in [0.2, 0.25) is 0 Å². The summed E-state index contributed by atoms with van der Waals surface area (Å²) in [5, 5.41) is 10.8. The molecule has 0 amide bonds. The number of carboxylic acid groups (broad SMARTS) is 1. The number of methoxy groups -OCH3 is 1. The van der Waals surface area contributed by atoms with Crippen molar-refractivity contribution in [1.29, 1.82) is 0 Å². The summed E-state index contributed by atoms with van der Waals surface area (Å²) in [4.78, 5) is 15.9. The van der Waals surface area contributed by atoms with Crippen LogP contribution in [0.5, 0.6) is 5.75 Å². The molecule has 0 bridgehead atoms. The molecule has 0 fully saturated rings. The predicted molar refractivity (Wildman–Crippen MR) is 100 cm³/mol. The van der Waals surface area contributed by atoms with Gasteiger partial charge in [0.2, 0.25) is 0 Å².